The summed E-state index contributed by atoms with van der Waals surface area (Å²) in [5.41, 5.74) is 1.87. The van der Waals surface area contributed by atoms with Gasteiger partial charge in [0.15, 0.2) is 11.5 Å². The van der Waals surface area contributed by atoms with E-state index in [1.165, 1.54) is 5.56 Å². The number of fused-ring (bicyclic) bond motifs is 1. The fraction of sp³-hybridized carbons (Fsp3) is 0.474. The number of carbonyl (C=O) groups excluding carboxylic acids is 2. The zero-order chi connectivity index (χ0) is 16.9. The maximum absolute atomic E-state index is 12.8. The van der Waals surface area contributed by atoms with Gasteiger partial charge in [-0.3, -0.25) is 4.79 Å². The molecule has 1 saturated heterocycles. The third kappa shape index (κ3) is 1.75. The monoisotopic (exact) mass is 327 g/mol. The van der Waals surface area contributed by atoms with Gasteiger partial charge < -0.3 is 19.2 Å². The molecule has 0 aromatic heterocycles. The van der Waals surface area contributed by atoms with E-state index >= 15 is 0 Å². The standard InChI is InChI=1S/C19H21NO4/c1-23-16-9-12-6-8-20-18(22)13(11-21)14-5-3-4-7-19(14,20)15(12)10-17(16)24-2/h3,5,9-11,13-14H,4,6-8H2,1-2H3/t13-,14+,19+/m1/s1. The highest BCUT2D eigenvalue weighted by atomic mass is 16.5. The molecule has 0 radical (unpaired) electrons. The number of allylic oxidation sites excluding steroid dienone is 1. The number of amides is 1. The van der Waals surface area contributed by atoms with Crippen molar-refractivity contribution in [3.05, 3.63) is 35.4 Å². The first kappa shape index (κ1) is 15.2. The largest absolute Gasteiger partial charge is 0.493 e. The van der Waals surface area contributed by atoms with E-state index in [1.807, 2.05) is 17.0 Å². The van der Waals surface area contributed by atoms with E-state index in [0.717, 1.165) is 31.1 Å². The van der Waals surface area contributed by atoms with Crippen molar-refractivity contribution in [1.82, 2.24) is 4.90 Å². The number of ether oxygens (including phenoxy) is 2. The average molecular weight is 327 g/mol. The molecular weight excluding hydrogens is 306 g/mol. The normalized spacial score (nSPS) is 30.4. The minimum Gasteiger partial charge on any atom is -0.493 e. The summed E-state index contributed by atoms with van der Waals surface area (Å²) < 4.78 is 10.9. The molecule has 2 aliphatic heterocycles. The second-order valence-electron chi connectivity index (χ2n) is 6.68. The Bertz CT molecular complexity index is 741. The van der Waals surface area contributed by atoms with E-state index in [0.29, 0.717) is 18.0 Å². The predicted octanol–water partition coefficient (Wildman–Crippen LogP) is 2.08. The summed E-state index contributed by atoms with van der Waals surface area (Å²) in [7, 11) is 3.25. The summed E-state index contributed by atoms with van der Waals surface area (Å²) in [6.45, 7) is 0.649. The third-order valence-electron chi connectivity index (χ3n) is 5.83. The molecular formula is C19H21NO4. The molecule has 5 heteroatoms. The Morgan fingerprint density at radius 3 is 2.71 bits per heavy atom. The second-order valence-corrected chi connectivity index (χ2v) is 6.68. The van der Waals surface area contributed by atoms with Crippen molar-refractivity contribution in [1.29, 1.82) is 0 Å². The Hall–Kier alpha value is -2.30. The quantitative estimate of drug-likeness (QED) is 0.484. The summed E-state index contributed by atoms with van der Waals surface area (Å²) in [6, 6.07) is 4.03. The van der Waals surface area contributed by atoms with Crippen molar-refractivity contribution in [3.63, 3.8) is 0 Å². The summed E-state index contributed by atoms with van der Waals surface area (Å²) in [6.07, 6.45) is 7.49. The van der Waals surface area contributed by atoms with Gasteiger partial charge in [0.1, 0.15) is 12.2 Å². The van der Waals surface area contributed by atoms with E-state index in [2.05, 4.69) is 12.2 Å². The first-order valence-corrected chi connectivity index (χ1v) is 8.36. The molecule has 1 aromatic carbocycles. The smallest absolute Gasteiger partial charge is 0.234 e. The maximum Gasteiger partial charge on any atom is 0.234 e. The third-order valence-corrected chi connectivity index (χ3v) is 5.83. The van der Waals surface area contributed by atoms with Crippen LogP contribution in [0.3, 0.4) is 0 Å². The molecule has 1 spiro atoms. The van der Waals surface area contributed by atoms with E-state index in [-0.39, 0.29) is 11.8 Å². The highest BCUT2D eigenvalue weighted by molar-refractivity contribution is 5.96. The number of hydrogen-bond acceptors (Lipinski definition) is 4. The van der Waals surface area contributed by atoms with Gasteiger partial charge in [0, 0.05) is 12.5 Å². The lowest BCUT2D eigenvalue weighted by molar-refractivity contribution is -0.136. The summed E-state index contributed by atoms with van der Waals surface area (Å²) in [5.74, 6) is 0.652. The van der Waals surface area contributed by atoms with Crippen LogP contribution in [0.2, 0.25) is 0 Å². The Morgan fingerprint density at radius 2 is 2.00 bits per heavy atom. The van der Waals surface area contributed by atoms with Gasteiger partial charge in [-0.15, -0.1) is 0 Å². The van der Waals surface area contributed by atoms with Crippen molar-refractivity contribution in [2.75, 3.05) is 20.8 Å². The first-order valence-electron chi connectivity index (χ1n) is 8.36. The van der Waals surface area contributed by atoms with Crippen LogP contribution in [0.5, 0.6) is 11.5 Å². The van der Waals surface area contributed by atoms with Crippen molar-refractivity contribution in [2.45, 2.75) is 24.8 Å². The van der Waals surface area contributed by atoms with Crippen LogP contribution in [-0.2, 0) is 21.5 Å². The Morgan fingerprint density at radius 1 is 1.25 bits per heavy atom. The number of aldehydes is 1. The molecule has 0 saturated carbocycles. The van der Waals surface area contributed by atoms with Crippen LogP contribution < -0.4 is 9.47 Å². The number of nitrogens with zero attached hydrogens (tertiary/aromatic N) is 1. The molecule has 0 N–H and O–H groups in total. The van der Waals surface area contributed by atoms with Gasteiger partial charge in [-0.25, -0.2) is 0 Å². The number of hydrogen-bond donors (Lipinski definition) is 0. The first-order chi connectivity index (χ1) is 11.7. The molecule has 5 nitrogen and oxygen atoms in total. The Labute approximate surface area is 141 Å². The fourth-order valence-electron chi connectivity index (χ4n) is 4.81. The molecule has 3 atom stereocenters. The van der Waals surface area contributed by atoms with Gasteiger partial charge in [-0.05, 0) is 42.5 Å². The van der Waals surface area contributed by atoms with Crippen LogP contribution in [0.4, 0.5) is 0 Å². The molecule has 0 bridgehead atoms. The average Bonchev–Trinajstić information content (AvgIpc) is 2.88. The Balaban J connectivity index is 1.96. The lowest BCUT2D eigenvalue weighted by Gasteiger charge is -2.48. The van der Waals surface area contributed by atoms with Gasteiger partial charge in [0.2, 0.25) is 5.91 Å². The summed E-state index contributed by atoms with van der Waals surface area (Å²) in [5, 5.41) is 0. The lowest BCUT2D eigenvalue weighted by atomic mass is 9.67. The lowest BCUT2D eigenvalue weighted by Crippen LogP contribution is -2.51. The van der Waals surface area contributed by atoms with E-state index in [1.54, 1.807) is 14.2 Å². The van der Waals surface area contributed by atoms with Crippen LogP contribution >= 0.6 is 0 Å². The van der Waals surface area contributed by atoms with Crippen LogP contribution in [0, 0.1) is 11.8 Å². The molecule has 1 fully saturated rings. The number of rotatable bonds is 3. The maximum atomic E-state index is 12.8. The molecule has 1 aromatic rings. The molecule has 126 valence electrons. The minimum atomic E-state index is -0.583. The molecule has 1 amide bonds. The highest BCUT2D eigenvalue weighted by Crippen LogP contribution is 2.56. The molecule has 2 heterocycles. The van der Waals surface area contributed by atoms with Gasteiger partial charge in [-0.2, -0.15) is 0 Å². The van der Waals surface area contributed by atoms with Crippen LogP contribution in [0.1, 0.15) is 24.0 Å². The van der Waals surface area contributed by atoms with Crippen molar-refractivity contribution < 1.29 is 19.1 Å². The molecule has 24 heavy (non-hydrogen) atoms. The van der Waals surface area contributed by atoms with Gasteiger partial charge in [0.25, 0.3) is 0 Å². The topological polar surface area (TPSA) is 55.8 Å². The highest BCUT2D eigenvalue weighted by Gasteiger charge is 2.60. The van der Waals surface area contributed by atoms with Crippen molar-refractivity contribution >= 4 is 12.2 Å². The van der Waals surface area contributed by atoms with Crippen LogP contribution in [0.15, 0.2) is 24.3 Å². The van der Waals surface area contributed by atoms with Crippen molar-refractivity contribution in [2.24, 2.45) is 11.8 Å². The zero-order valence-corrected chi connectivity index (χ0v) is 14.0. The van der Waals surface area contributed by atoms with Gasteiger partial charge in [-0.1, -0.05) is 12.2 Å². The number of carbonyl (C=O) groups is 2. The van der Waals surface area contributed by atoms with Crippen molar-refractivity contribution in [3.8, 4) is 11.5 Å². The number of methoxy groups -OCH3 is 2. The Kier molecular flexibility index (Phi) is 3.41. The second kappa shape index (κ2) is 5.36. The zero-order valence-electron chi connectivity index (χ0n) is 14.0. The summed E-state index contributed by atoms with van der Waals surface area (Å²) >= 11 is 0. The molecule has 3 aliphatic rings. The van der Waals surface area contributed by atoms with E-state index in [9.17, 15) is 9.59 Å². The van der Waals surface area contributed by atoms with E-state index in [4.69, 9.17) is 9.47 Å². The summed E-state index contributed by atoms with van der Waals surface area (Å²) in [4.78, 5) is 26.4. The molecule has 4 rings (SSSR count). The van der Waals surface area contributed by atoms with Gasteiger partial charge in [0.05, 0.1) is 19.8 Å². The van der Waals surface area contributed by atoms with Crippen LogP contribution in [0.25, 0.3) is 0 Å². The molecule has 0 unspecified atom stereocenters. The fourth-order valence-corrected chi connectivity index (χ4v) is 4.81. The van der Waals surface area contributed by atoms with E-state index < -0.39 is 11.5 Å². The van der Waals surface area contributed by atoms with Gasteiger partial charge >= 0.3 is 0 Å². The number of benzene rings is 1. The van der Waals surface area contributed by atoms with Crippen LogP contribution in [-0.4, -0.2) is 37.9 Å². The molecule has 1 aliphatic carbocycles. The minimum absolute atomic E-state index is 0.0398. The predicted molar refractivity (Wildman–Crippen MR) is 88.1 cm³/mol. The SMILES string of the molecule is COc1cc2c(cc1OC)[C@]13CCC=C[C@H]1[C@@H](C=O)C(=O)N3CC2.